The van der Waals surface area contributed by atoms with Crippen molar-refractivity contribution in [1.29, 1.82) is 5.41 Å². The summed E-state index contributed by atoms with van der Waals surface area (Å²) >= 11 is 2.84. The normalized spacial score (nSPS) is 26.9. The van der Waals surface area contributed by atoms with Crippen LogP contribution in [0, 0.1) is 11.3 Å². The van der Waals surface area contributed by atoms with Gasteiger partial charge >= 0.3 is 0 Å². The standard InChI is InChI=1S/C43H57N11O6S2/c1-43-23-62-40(53-43)34-19-25(22-61-34)18-30(35(44)55)50-36(56)29(13-7-15-47-42(45)46)49-38(58)32(20-26-21-48-28-12-6-5-11-27(26)28)51-37(57)31(17-24-9-3-2-4-10-24)52-39(59)33-14-8-16-54(33)41(43)60/h5-6,11-12,19,21-22,24,29-33,48H,2-4,7-10,13-18,20,23H2,1H3,(H2,44,55)(H,49,58)(H,50,56)(H,51,57)(H,52,59)(H4,45,46,47)/t29-,30-,31+,32-,33?,43-/m0/s1. The van der Waals surface area contributed by atoms with Gasteiger partial charge in [0.2, 0.25) is 29.5 Å². The summed E-state index contributed by atoms with van der Waals surface area (Å²) in [5, 5.41) is 25.2. The van der Waals surface area contributed by atoms with Gasteiger partial charge in [0.05, 0.1) is 4.88 Å². The summed E-state index contributed by atoms with van der Waals surface area (Å²) < 4.78 is 0. The minimum atomic E-state index is -1.21. The molecule has 19 heteroatoms. The Kier molecular flexibility index (Phi) is 14.2. The number of hydrogen-bond acceptors (Lipinski definition) is 10. The lowest BCUT2D eigenvalue weighted by Crippen LogP contribution is -2.60. The molecular weight excluding hydrogens is 831 g/mol. The fourth-order valence-electron chi connectivity index (χ4n) is 8.98. The topological polar surface area (TPSA) is 270 Å². The van der Waals surface area contributed by atoms with Crippen molar-refractivity contribution in [2.75, 3.05) is 18.8 Å². The Morgan fingerprint density at radius 2 is 1.66 bits per heavy atom. The van der Waals surface area contributed by atoms with E-state index in [9.17, 15) is 28.8 Å². The van der Waals surface area contributed by atoms with Crippen LogP contribution >= 0.6 is 23.1 Å². The molecule has 1 aliphatic carbocycles. The molecule has 0 radical (unpaired) electrons. The van der Waals surface area contributed by atoms with Gasteiger partial charge in [-0.05, 0) is 73.6 Å². The molecule has 2 aromatic heterocycles. The van der Waals surface area contributed by atoms with Crippen LogP contribution in [0.15, 0.2) is 46.9 Å². The lowest BCUT2D eigenvalue weighted by Gasteiger charge is -2.32. The molecule has 62 heavy (non-hydrogen) atoms. The van der Waals surface area contributed by atoms with E-state index in [2.05, 4.69) is 31.6 Å². The number of benzene rings is 1. The average molecular weight is 888 g/mol. The number of amides is 6. The minimum Gasteiger partial charge on any atom is -0.370 e. The molecule has 2 fully saturated rings. The number of nitrogens with zero attached hydrogens (tertiary/aromatic N) is 2. The van der Waals surface area contributed by atoms with Gasteiger partial charge in [0.15, 0.2) is 5.96 Å². The molecular formula is C43H57N11O6S2. The highest BCUT2D eigenvalue weighted by molar-refractivity contribution is 8.15. The predicted octanol–water partition coefficient (Wildman–Crippen LogP) is 1.93. The molecule has 1 unspecified atom stereocenters. The number of nitrogens with one attached hydrogen (secondary N) is 7. The van der Waals surface area contributed by atoms with Crippen molar-refractivity contribution in [1.82, 2.24) is 36.5 Å². The second-order valence-corrected chi connectivity index (χ2v) is 19.0. The highest BCUT2D eigenvalue weighted by Crippen LogP contribution is 2.36. The summed E-state index contributed by atoms with van der Waals surface area (Å²) in [7, 11) is 0. The van der Waals surface area contributed by atoms with Gasteiger partial charge in [0.1, 0.15) is 40.8 Å². The average Bonchev–Trinajstić information content (AvgIpc) is 4.08. The molecule has 1 saturated heterocycles. The van der Waals surface area contributed by atoms with Gasteiger partial charge in [0.25, 0.3) is 5.91 Å². The van der Waals surface area contributed by atoms with Gasteiger partial charge in [0, 0.05) is 48.8 Å². The van der Waals surface area contributed by atoms with Crippen LogP contribution in [0.4, 0.5) is 0 Å². The van der Waals surface area contributed by atoms with Crippen molar-refractivity contribution in [2.24, 2.45) is 22.4 Å². The van der Waals surface area contributed by atoms with E-state index >= 15 is 0 Å². The van der Waals surface area contributed by atoms with E-state index in [1.165, 1.54) is 23.1 Å². The summed E-state index contributed by atoms with van der Waals surface area (Å²) in [4.78, 5) is 95.4. The summed E-state index contributed by atoms with van der Waals surface area (Å²) in [6, 6.07) is 4.11. The first-order valence-electron chi connectivity index (χ1n) is 21.5. The summed E-state index contributed by atoms with van der Waals surface area (Å²) in [5.74, 6) is -3.04. The largest absolute Gasteiger partial charge is 0.370 e. The Bertz CT molecular complexity index is 2220. The van der Waals surface area contributed by atoms with Crippen LogP contribution in [-0.2, 0) is 41.6 Å². The second kappa shape index (κ2) is 19.7. The van der Waals surface area contributed by atoms with Crippen LogP contribution in [-0.4, -0.2) is 111 Å². The molecule has 11 N–H and O–H groups in total. The van der Waals surface area contributed by atoms with E-state index in [0.29, 0.717) is 48.6 Å². The number of rotatable bonds is 9. The molecule has 4 bridgehead atoms. The number of para-hydroxylation sites is 1. The second-order valence-electron chi connectivity index (χ2n) is 17.1. The molecule has 1 saturated carbocycles. The van der Waals surface area contributed by atoms with E-state index in [-0.39, 0.29) is 43.6 Å². The molecule has 7 rings (SSSR count). The molecule has 3 aliphatic heterocycles. The van der Waals surface area contributed by atoms with Crippen molar-refractivity contribution in [3.63, 3.8) is 0 Å². The number of thiophene rings is 1. The van der Waals surface area contributed by atoms with Gasteiger partial charge in [-0.1, -0.05) is 50.3 Å². The monoisotopic (exact) mass is 887 g/mol. The number of aliphatic imine (C=N–C) groups is 1. The Morgan fingerprint density at radius 3 is 2.44 bits per heavy atom. The first-order chi connectivity index (χ1) is 29.8. The van der Waals surface area contributed by atoms with Gasteiger partial charge < -0.3 is 47.9 Å². The number of guanidine groups is 1. The van der Waals surface area contributed by atoms with E-state index in [1.54, 1.807) is 18.0 Å². The predicted molar refractivity (Wildman–Crippen MR) is 239 cm³/mol. The lowest BCUT2D eigenvalue weighted by atomic mass is 9.84. The zero-order valence-corrected chi connectivity index (χ0v) is 36.6. The van der Waals surface area contributed by atoms with E-state index in [4.69, 9.17) is 21.9 Å². The van der Waals surface area contributed by atoms with Crippen LogP contribution in [0.3, 0.4) is 0 Å². The maximum atomic E-state index is 14.6. The highest BCUT2D eigenvalue weighted by atomic mass is 32.2. The SMILES string of the molecule is C[C@@]12CSC(=N1)c1cc(cs1)C[C@@H](C(N)=O)NC(=O)[C@H](CCCNC(=N)N)NC(=O)[C@H](Cc1c[nH]c3ccccc13)NC(=O)[C@@H](CC1CCCCC1)NC(=O)C1CCCN1C2=O. The molecule has 6 amide bonds. The van der Waals surface area contributed by atoms with Crippen molar-refractivity contribution in [3.05, 3.63) is 57.9 Å². The van der Waals surface area contributed by atoms with Crippen LogP contribution in [0.5, 0.6) is 0 Å². The number of aromatic amines is 1. The van der Waals surface area contributed by atoms with Crippen molar-refractivity contribution in [3.8, 4) is 0 Å². The van der Waals surface area contributed by atoms with E-state index in [1.807, 2.05) is 35.7 Å². The van der Waals surface area contributed by atoms with Crippen LogP contribution < -0.4 is 38.1 Å². The summed E-state index contributed by atoms with van der Waals surface area (Å²) in [5.41, 5.74) is 12.5. The fourth-order valence-corrected chi connectivity index (χ4v) is 11.2. The number of thioether (sulfide) groups is 1. The number of fused-ring (bicyclic) bond motifs is 6. The quantitative estimate of drug-likeness (QED) is 0.0862. The fraction of sp³-hybridized carbons (Fsp3) is 0.535. The van der Waals surface area contributed by atoms with Crippen LogP contribution in [0.2, 0.25) is 0 Å². The maximum Gasteiger partial charge on any atom is 0.251 e. The third-order valence-corrected chi connectivity index (χ3v) is 14.8. The maximum absolute atomic E-state index is 14.6. The Labute approximate surface area is 368 Å². The van der Waals surface area contributed by atoms with Gasteiger partial charge in [-0.3, -0.25) is 39.2 Å². The molecule has 1 aromatic carbocycles. The first-order valence-corrected chi connectivity index (χ1v) is 23.4. The summed E-state index contributed by atoms with van der Waals surface area (Å²) in [6.45, 7) is 2.39. The molecule has 6 atom stereocenters. The molecule has 332 valence electrons. The molecule has 3 aromatic rings. The zero-order valence-electron chi connectivity index (χ0n) is 34.9. The summed E-state index contributed by atoms with van der Waals surface area (Å²) in [6.07, 6.45) is 8.60. The minimum absolute atomic E-state index is 0.0420. The highest BCUT2D eigenvalue weighted by Gasteiger charge is 2.47. The third kappa shape index (κ3) is 10.6. The molecule has 17 nitrogen and oxygen atoms in total. The number of carbonyl (C=O) groups is 6. The zero-order chi connectivity index (χ0) is 44.0. The Morgan fingerprint density at radius 1 is 0.935 bits per heavy atom. The van der Waals surface area contributed by atoms with Crippen molar-refractivity contribution < 1.29 is 28.8 Å². The number of aromatic nitrogens is 1. The Balaban J connectivity index is 1.25. The van der Waals surface area contributed by atoms with Crippen LogP contribution in [0.25, 0.3) is 10.9 Å². The smallest absolute Gasteiger partial charge is 0.251 e. The molecule has 0 spiro atoms. The van der Waals surface area contributed by atoms with Crippen molar-refractivity contribution >= 4 is 80.4 Å². The van der Waals surface area contributed by atoms with Crippen LogP contribution in [0.1, 0.15) is 87.1 Å². The molecule has 4 aliphatic rings. The first kappa shape index (κ1) is 44.6. The number of primary amides is 1. The number of nitrogens with two attached hydrogens (primary N) is 2. The third-order valence-electron chi connectivity index (χ3n) is 12.4. The molecule has 5 heterocycles. The number of H-pyrrole nitrogens is 1. The van der Waals surface area contributed by atoms with E-state index < -0.39 is 65.3 Å². The number of carbonyl (C=O) groups excluding carboxylic acids is 6. The van der Waals surface area contributed by atoms with Crippen molar-refractivity contribution in [2.45, 2.75) is 120 Å². The van der Waals surface area contributed by atoms with Gasteiger partial charge in [-0.2, -0.15) is 0 Å². The number of hydrogen-bond donors (Lipinski definition) is 9. The van der Waals surface area contributed by atoms with Gasteiger partial charge in [-0.15, -0.1) is 23.1 Å². The van der Waals surface area contributed by atoms with Gasteiger partial charge in [-0.25, -0.2) is 0 Å². The lowest BCUT2D eigenvalue weighted by molar-refractivity contribution is -0.142. The van der Waals surface area contributed by atoms with E-state index in [0.717, 1.165) is 53.4 Å². The Hall–Kier alpha value is -5.43.